The monoisotopic (exact) mass is 275 g/mol. The lowest BCUT2D eigenvalue weighted by atomic mass is 9.88. The molecule has 1 aromatic heterocycles. The van der Waals surface area contributed by atoms with E-state index in [1.165, 1.54) is 36.8 Å². The lowest BCUT2D eigenvalue weighted by molar-refractivity contribution is 0.353. The topological polar surface area (TPSA) is 50.9 Å². The van der Waals surface area contributed by atoms with Crippen molar-refractivity contribution >= 4 is 5.82 Å². The van der Waals surface area contributed by atoms with Gasteiger partial charge in [0, 0.05) is 17.8 Å². The van der Waals surface area contributed by atoms with Crippen molar-refractivity contribution in [1.29, 1.82) is 0 Å². The zero-order valence-electron chi connectivity index (χ0n) is 13.2. The Balaban J connectivity index is 2.23. The third-order valence-electron chi connectivity index (χ3n) is 4.79. The quantitative estimate of drug-likeness (QED) is 0.829. The summed E-state index contributed by atoms with van der Waals surface area (Å²) in [6, 6.07) is 2.46. The van der Waals surface area contributed by atoms with Gasteiger partial charge in [-0.15, -0.1) is 0 Å². The van der Waals surface area contributed by atoms with Gasteiger partial charge in [0.05, 0.1) is 0 Å². The molecule has 3 atom stereocenters. The predicted molar refractivity (Wildman–Crippen MR) is 85.5 cm³/mol. The Bertz CT molecular complexity index is 410. The first-order valence-electron chi connectivity index (χ1n) is 8.11. The summed E-state index contributed by atoms with van der Waals surface area (Å²) in [5.41, 5.74) is 8.69. The van der Waals surface area contributed by atoms with Crippen molar-refractivity contribution in [2.45, 2.75) is 58.9 Å². The molecule has 0 bridgehead atoms. The highest BCUT2D eigenvalue weighted by Crippen LogP contribution is 2.42. The van der Waals surface area contributed by atoms with Crippen LogP contribution in [0.4, 0.5) is 5.82 Å². The van der Waals surface area contributed by atoms with Crippen LogP contribution in [0, 0.1) is 18.8 Å². The summed E-state index contributed by atoms with van der Waals surface area (Å²) in [6.45, 7) is 7.73. The van der Waals surface area contributed by atoms with Gasteiger partial charge in [0.25, 0.3) is 0 Å². The minimum atomic E-state index is 0.375. The number of aryl methyl sites for hydroxylation is 1. The van der Waals surface area contributed by atoms with Gasteiger partial charge in [0.2, 0.25) is 0 Å². The van der Waals surface area contributed by atoms with Crippen LogP contribution < -0.4 is 11.1 Å². The minimum Gasteiger partial charge on any atom is -0.383 e. The van der Waals surface area contributed by atoms with E-state index in [0.717, 1.165) is 18.9 Å². The number of hydrogen-bond acceptors (Lipinski definition) is 3. The molecule has 0 saturated heterocycles. The van der Waals surface area contributed by atoms with E-state index in [1.807, 2.05) is 6.20 Å². The molecule has 3 unspecified atom stereocenters. The molecular weight excluding hydrogens is 246 g/mol. The Morgan fingerprint density at radius 1 is 1.40 bits per heavy atom. The molecule has 20 heavy (non-hydrogen) atoms. The second-order valence-electron chi connectivity index (χ2n) is 6.21. The predicted octanol–water partition coefficient (Wildman–Crippen LogP) is 3.84. The lowest BCUT2D eigenvalue weighted by Gasteiger charge is -2.27. The molecule has 112 valence electrons. The van der Waals surface area contributed by atoms with Crippen LogP contribution in [-0.4, -0.2) is 11.5 Å². The fourth-order valence-electron chi connectivity index (χ4n) is 3.59. The molecule has 0 aliphatic heterocycles. The van der Waals surface area contributed by atoms with Gasteiger partial charge < -0.3 is 11.1 Å². The van der Waals surface area contributed by atoms with Gasteiger partial charge in [-0.05, 0) is 56.2 Å². The number of anilines is 1. The van der Waals surface area contributed by atoms with Crippen LogP contribution >= 0.6 is 0 Å². The molecule has 1 heterocycles. The van der Waals surface area contributed by atoms with Crippen LogP contribution in [0.25, 0.3) is 0 Å². The molecular formula is C17H29N3. The highest BCUT2D eigenvalue weighted by molar-refractivity contribution is 5.46. The second-order valence-corrected chi connectivity index (χ2v) is 6.21. The molecule has 1 aliphatic carbocycles. The lowest BCUT2D eigenvalue weighted by Crippen LogP contribution is -2.29. The minimum absolute atomic E-state index is 0.375. The van der Waals surface area contributed by atoms with Gasteiger partial charge in [0.15, 0.2) is 0 Å². The molecule has 0 aromatic carbocycles. The van der Waals surface area contributed by atoms with Crippen molar-refractivity contribution in [2.75, 3.05) is 12.3 Å². The number of nitrogens with zero attached hydrogens (tertiary/aromatic N) is 1. The Morgan fingerprint density at radius 3 is 2.80 bits per heavy atom. The zero-order chi connectivity index (χ0) is 14.5. The van der Waals surface area contributed by atoms with Gasteiger partial charge in [-0.3, -0.25) is 0 Å². The number of hydrogen-bond donors (Lipinski definition) is 2. The Morgan fingerprint density at radius 2 is 2.20 bits per heavy atom. The molecule has 1 fully saturated rings. The summed E-state index contributed by atoms with van der Waals surface area (Å²) < 4.78 is 0. The summed E-state index contributed by atoms with van der Waals surface area (Å²) in [4.78, 5) is 4.32. The SMILES string of the molecule is CCCNC(c1c(C)ccnc1N)C1CCC(CC)C1. The van der Waals surface area contributed by atoms with Crippen molar-refractivity contribution in [3.8, 4) is 0 Å². The smallest absolute Gasteiger partial charge is 0.128 e. The Labute approximate surface area is 123 Å². The first-order valence-corrected chi connectivity index (χ1v) is 8.11. The molecule has 0 radical (unpaired) electrons. The van der Waals surface area contributed by atoms with Crippen LogP contribution in [0.2, 0.25) is 0 Å². The van der Waals surface area contributed by atoms with Gasteiger partial charge in [-0.25, -0.2) is 4.98 Å². The molecule has 1 saturated carbocycles. The van der Waals surface area contributed by atoms with E-state index in [2.05, 4.69) is 37.1 Å². The van der Waals surface area contributed by atoms with Crippen LogP contribution in [0.15, 0.2) is 12.3 Å². The normalized spacial score (nSPS) is 23.9. The first kappa shape index (κ1) is 15.3. The Hall–Kier alpha value is -1.09. The molecule has 1 aliphatic rings. The maximum absolute atomic E-state index is 6.18. The molecule has 2 rings (SSSR count). The summed E-state index contributed by atoms with van der Waals surface area (Å²) in [7, 11) is 0. The number of aromatic nitrogens is 1. The van der Waals surface area contributed by atoms with Crippen LogP contribution in [0.5, 0.6) is 0 Å². The molecule has 3 heteroatoms. The number of nitrogen functional groups attached to an aromatic ring is 1. The number of nitrogens with two attached hydrogens (primary N) is 1. The summed E-state index contributed by atoms with van der Waals surface area (Å²) in [5.74, 6) is 2.30. The van der Waals surface area contributed by atoms with Crippen molar-refractivity contribution in [3.05, 3.63) is 23.4 Å². The van der Waals surface area contributed by atoms with Crippen molar-refractivity contribution in [3.63, 3.8) is 0 Å². The molecule has 1 aromatic rings. The van der Waals surface area contributed by atoms with E-state index in [4.69, 9.17) is 5.73 Å². The van der Waals surface area contributed by atoms with Crippen LogP contribution in [-0.2, 0) is 0 Å². The Kier molecular flexibility index (Phi) is 5.41. The summed E-state index contributed by atoms with van der Waals surface area (Å²) in [5, 5.41) is 3.73. The van der Waals surface area contributed by atoms with Gasteiger partial charge in [-0.1, -0.05) is 26.7 Å². The average Bonchev–Trinajstić information content (AvgIpc) is 2.90. The van der Waals surface area contributed by atoms with Gasteiger partial charge in [0.1, 0.15) is 5.82 Å². The maximum Gasteiger partial charge on any atom is 0.128 e. The number of pyridine rings is 1. The second kappa shape index (κ2) is 7.07. The van der Waals surface area contributed by atoms with E-state index < -0.39 is 0 Å². The van der Waals surface area contributed by atoms with E-state index >= 15 is 0 Å². The standard InChI is InChI=1S/C17H29N3/c1-4-9-19-16(14-7-6-13(5-2)11-14)15-12(3)8-10-20-17(15)18/h8,10,13-14,16,19H,4-7,9,11H2,1-3H3,(H2,18,20). The molecule has 0 amide bonds. The largest absolute Gasteiger partial charge is 0.383 e. The molecule has 0 spiro atoms. The molecule has 3 N–H and O–H groups in total. The summed E-state index contributed by atoms with van der Waals surface area (Å²) in [6.07, 6.45) is 8.27. The van der Waals surface area contributed by atoms with Crippen molar-refractivity contribution < 1.29 is 0 Å². The third kappa shape index (κ3) is 3.32. The third-order valence-corrected chi connectivity index (χ3v) is 4.79. The van der Waals surface area contributed by atoms with E-state index in [-0.39, 0.29) is 0 Å². The fourth-order valence-corrected chi connectivity index (χ4v) is 3.59. The highest BCUT2D eigenvalue weighted by Gasteiger charge is 2.32. The van der Waals surface area contributed by atoms with Gasteiger partial charge >= 0.3 is 0 Å². The average molecular weight is 275 g/mol. The van der Waals surface area contributed by atoms with E-state index in [9.17, 15) is 0 Å². The van der Waals surface area contributed by atoms with E-state index in [1.54, 1.807) is 0 Å². The van der Waals surface area contributed by atoms with Crippen molar-refractivity contribution in [1.82, 2.24) is 10.3 Å². The van der Waals surface area contributed by atoms with Gasteiger partial charge in [-0.2, -0.15) is 0 Å². The number of rotatable bonds is 6. The number of nitrogens with one attached hydrogen (secondary N) is 1. The van der Waals surface area contributed by atoms with Crippen molar-refractivity contribution in [2.24, 2.45) is 11.8 Å². The zero-order valence-corrected chi connectivity index (χ0v) is 13.2. The first-order chi connectivity index (χ1) is 9.67. The maximum atomic E-state index is 6.18. The van der Waals surface area contributed by atoms with Crippen LogP contribution in [0.3, 0.4) is 0 Å². The van der Waals surface area contributed by atoms with Crippen LogP contribution in [0.1, 0.15) is 63.1 Å². The highest BCUT2D eigenvalue weighted by atomic mass is 14.9. The molecule has 3 nitrogen and oxygen atoms in total. The fraction of sp³-hybridized carbons (Fsp3) is 0.706. The van der Waals surface area contributed by atoms with E-state index in [0.29, 0.717) is 17.8 Å². The summed E-state index contributed by atoms with van der Waals surface area (Å²) >= 11 is 0.